The van der Waals surface area contributed by atoms with E-state index in [4.69, 9.17) is 4.74 Å². The van der Waals surface area contributed by atoms with Gasteiger partial charge in [-0.15, -0.1) is 0 Å². The van der Waals surface area contributed by atoms with E-state index < -0.39 is 0 Å². The van der Waals surface area contributed by atoms with Crippen LogP contribution in [0.1, 0.15) is 30.9 Å². The second-order valence-electron chi connectivity index (χ2n) is 5.74. The maximum Gasteiger partial charge on any atom is 0.127 e. The first kappa shape index (κ1) is 14.4. The number of nitrogens with one attached hydrogen (secondary N) is 1. The third kappa shape index (κ3) is 3.18. The van der Waals surface area contributed by atoms with E-state index in [9.17, 15) is 0 Å². The molecule has 3 nitrogen and oxygen atoms in total. The van der Waals surface area contributed by atoms with E-state index in [1.807, 2.05) is 0 Å². The van der Waals surface area contributed by atoms with Crippen LogP contribution in [0.25, 0.3) is 0 Å². The minimum Gasteiger partial charge on any atom is -0.493 e. The van der Waals surface area contributed by atoms with E-state index in [-0.39, 0.29) is 0 Å². The first-order valence-corrected chi connectivity index (χ1v) is 8.45. The average Bonchev–Trinajstić information content (AvgIpc) is 2.93. The zero-order valence-electron chi connectivity index (χ0n) is 12.1. The Morgan fingerprint density at radius 3 is 2.90 bits per heavy atom. The topological polar surface area (TPSA) is 24.5 Å². The van der Waals surface area contributed by atoms with Crippen LogP contribution in [-0.4, -0.2) is 37.2 Å². The summed E-state index contributed by atoms with van der Waals surface area (Å²) in [6, 6.07) is 5.03. The Kier molecular flexibility index (Phi) is 4.64. The standard InChI is InChI=1S/C16H23BrN2O/c1-2-19-6-3-15(4-7-19)18-11-13-10-14(17)9-12-5-8-20-16(12)13/h9-10,15,18H,2-8,11H2,1H3. The molecular formula is C16H23BrN2O. The number of fused-ring (bicyclic) bond motifs is 1. The van der Waals surface area contributed by atoms with Crippen molar-refractivity contribution in [2.45, 2.75) is 38.8 Å². The molecule has 1 aromatic carbocycles. The molecule has 0 radical (unpaired) electrons. The number of halogens is 1. The fourth-order valence-electron chi connectivity index (χ4n) is 3.18. The zero-order valence-corrected chi connectivity index (χ0v) is 13.7. The smallest absolute Gasteiger partial charge is 0.127 e. The van der Waals surface area contributed by atoms with Gasteiger partial charge < -0.3 is 15.0 Å². The summed E-state index contributed by atoms with van der Waals surface area (Å²) in [5.74, 6) is 1.12. The van der Waals surface area contributed by atoms with Crippen LogP contribution in [-0.2, 0) is 13.0 Å². The highest BCUT2D eigenvalue weighted by Crippen LogP contribution is 2.33. The van der Waals surface area contributed by atoms with E-state index in [2.05, 4.69) is 45.2 Å². The van der Waals surface area contributed by atoms with Crippen molar-refractivity contribution < 1.29 is 4.74 Å². The summed E-state index contributed by atoms with van der Waals surface area (Å²) in [5, 5.41) is 3.71. The average molecular weight is 339 g/mol. The van der Waals surface area contributed by atoms with Gasteiger partial charge in [0.1, 0.15) is 5.75 Å². The molecule has 0 atom stereocenters. The molecule has 0 saturated carbocycles. The van der Waals surface area contributed by atoms with Gasteiger partial charge in [-0.05, 0) is 50.2 Å². The maximum atomic E-state index is 5.79. The monoisotopic (exact) mass is 338 g/mol. The Morgan fingerprint density at radius 2 is 2.15 bits per heavy atom. The molecule has 0 aromatic heterocycles. The van der Waals surface area contributed by atoms with E-state index >= 15 is 0 Å². The van der Waals surface area contributed by atoms with Gasteiger partial charge in [0, 0.05) is 29.0 Å². The van der Waals surface area contributed by atoms with Gasteiger partial charge in [-0.1, -0.05) is 22.9 Å². The fourth-order valence-corrected chi connectivity index (χ4v) is 3.74. The third-order valence-corrected chi connectivity index (χ3v) is 4.90. The predicted octanol–water partition coefficient (Wildman–Crippen LogP) is 2.96. The van der Waals surface area contributed by atoms with Gasteiger partial charge in [-0.2, -0.15) is 0 Å². The van der Waals surface area contributed by atoms with Crippen molar-refractivity contribution in [2.24, 2.45) is 0 Å². The van der Waals surface area contributed by atoms with Gasteiger partial charge in [0.05, 0.1) is 6.61 Å². The van der Waals surface area contributed by atoms with Crippen molar-refractivity contribution in [1.82, 2.24) is 10.2 Å². The molecular weight excluding hydrogens is 316 g/mol. The SMILES string of the molecule is CCN1CCC(NCc2cc(Br)cc3c2OCC3)CC1. The number of hydrogen-bond donors (Lipinski definition) is 1. The zero-order chi connectivity index (χ0) is 13.9. The lowest BCUT2D eigenvalue weighted by atomic mass is 10.0. The molecule has 0 bridgehead atoms. The van der Waals surface area contributed by atoms with Crippen LogP contribution >= 0.6 is 15.9 Å². The molecule has 1 aromatic rings. The molecule has 20 heavy (non-hydrogen) atoms. The van der Waals surface area contributed by atoms with Crippen LogP contribution in [0.3, 0.4) is 0 Å². The molecule has 0 spiro atoms. The summed E-state index contributed by atoms with van der Waals surface area (Å²) < 4.78 is 6.96. The summed E-state index contributed by atoms with van der Waals surface area (Å²) >= 11 is 3.61. The van der Waals surface area contributed by atoms with E-state index in [0.29, 0.717) is 6.04 Å². The van der Waals surface area contributed by atoms with E-state index in [1.54, 1.807) is 0 Å². The Hall–Kier alpha value is -0.580. The van der Waals surface area contributed by atoms with Gasteiger partial charge in [-0.25, -0.2) is 0 Å². The summed E-state index contributed by atoms with van der Waals surface area (Å²) in [6.07, 6.45) is 3.55. The summed E-state index contributed by atoms with van der Waals surface area (Å²) in [5.41, 5.74) is 2.64. The molecule has 0 unspecified atom stereocenters. The maximum absolute atomic E-state index is 5.79. The van der Waals surface area contributed by atoms with Crippen LogP contribution in [0.2, 0.25) is 0 Å². The van der Waals surface area contributed by atoms with Crippen molar-refractivity contribution in [2.75, 3.05) is 26.2 Å². The third-order valence-electron chi connectivity index (χ3n) is 4.44. The Labute approximate surface area is 129 Å². The van der Waals surface area contributed by atoms with Gasteiger partial charge in [0.2, 0.25) is 0 Å². The van der Waals surface area contributed by atoms with Crippen LogP contribution in [0, 0.1) is 0 Å². The van der Waals surface area contributed by atoms with Crippen molar-refractivity contribution in [3.63, 3.8) is 0 Å². The Balaban J connectivity index is 1.59. The lowest BCUT2D eigenvalue weighted by molar-refractivity contribution is 0.205. The molecule has 1 fully saturated rings. The number of hydrogen-bond acceptors (Lipinski definition) is 3. The summed E-state index contributed by atoms with van der Waals surface area (Å²) in [7, 11) is 0. The van der Waals surface area contributed by atoms with Crippen LogP contribution < -0.4 is 10.1 Å². The highest BCUT2D eigenvalue weighted by molar-refractivity contribution is 9.10. The highest BCUT2D eigenvalue weighted by atomic mass is 79.9. The number of likely N-dealkylation sites (tertiary alicyclic amines) is 1. The number of rotatable bonds is 4. The van der Waals surface area contributed by atoms with Crippen molar-refractivity contribution in [1.29, 1.82) is 0 Å². The molecule has 0 aliphatic carbocycles. The number of benzene rings is 1. The van der Waals surface area contributed by atoms with E-state index in [0.717, 1.165) is 25.3 Å². The summed E-state index contributed by atoms with van der Waals surface area (Å²) in [4.78, 5) is 2.53. The van der Waals surface area contributed by atoms with Crippen molar-refractivity contribution in [3.8, 4) is 5.75 Å². The van der Waals surface area contributed by atoms with Gasteiger partial charge in [0.25, 0.3) is 0 Å². The number of ether oxygens (including phenoxy) is 1. The second kappa shape index (κ2) is 6.46. The largest absolute Gasteiger partial charge is 0.493 e. The molecule has 0 amide bonds. The van der Waals surface area contributed by atoms with Crippen LogP contribution in [0.5, 0.6) is 5.75 Å². The molecule has 2 heterocycles. The lowest BCUT2D eigenvalue weighted by Crippen LogP contribution is -2.42. The lowest BCUT2D eigenvalue weighted by Gasteiger charge is -2.31. The van der Waals surface area contributed by atoms with Gasteiger partial charge in [0.15, 0.2) is 0 Å². The molecule has 3 rings (SSSR count). The first-order valence-electron chi connectivity index (χ1n) is 7.66. The highest BCUT2D eigenvalue weighted by Gasteiger charge is 2.20. The van der Waals surface area contributed by atoms with Crippen LogP contribution in [0.4, 0.5) is 0 Å². The normalized spacial score (nSPS) is 19.9. The Morgan fingerprint density at radius 1 is 1.35 bits per heavy atom. The van der Waals surface area contributed by atoms with Gasteiger partial charge >= 0.3 is 0 Å². The molecule has 1 saturated heterocycles. The number of piperidine rings is 1. The van der Waals surface area contributed by atoms with Crippen molar-refractivity contribution >= 4 is 15.9 Å². The summed E-state index contributed by atoms with van der Waals surface area (Å²) in [6.45, 7) is 7.62. The van der Waals surface area contributed by atoms with Crippen molar-refractivity contribution in [3.05, 3.63) is 27.7 Å². The quantitative estimate of drug-likeness (QED) is 0.913. The molecule has 1 N–H and O–H groups in total. The van der Waals surface area contributed by atoms with Crippen LogP contribution in [0.15, 0.2) is 16.6 Å². The molecule has 4 heteroatoms. The predicted molar refractivity (Wildman–Crippen MR) is 85.3 cm³/mol. The molecule has 110 valence electrons. The Bertz CT molecular complexity index is 470. The number of nitrogens with zero attached hydrogens (tertiary/aromatic N) is 1. The first-order chi connectivity index (χ1) is 9.76. The molecule has 2 aliphatic rings. The second-order valence-corrected chi connectivity index (χ2v) is 6.66. The fraction of sp³-hybridized carbons (Fsp3) is 0.625. The molecule has 2 aliphatic heterocycles. The minimum absolute atomic E-state index is 0.647. The van der Waals surface area contributed by atoms with Gasteiger partial charge in [-0.3, -0.25) is 0 Å². The minimum atomic E-state index is 0.647. The van der Waals surface area contributed by atoms with E-state index in [1.165, 1.54) is 48.1 Å².